The normalized spacial score (nSPS) is 10.8. The van der Waals surface area contributed by atoms with E-state index in [-0.39, 0.29) is 35.3 Å². The van der Waals surface area contributed by atoms with E-state index in [0.717, 1.165) is 22.3 Å². The number of hydrogen-bond acceptors (Lipinski definition) is 4. The summed E-state index contributed by atoms with van der Waals surface area (Å²) in [6.45, 7) is 4.26. The molecule has 0 atom stereocenters. The summed E-state index contributed by atoms with van der Waals surface area (Å²) in [6.07, 6.45) is 0. The zero-order chi connectivity index (χ0) is 18.8. The fraction of sp³-hybridized carbons (Fsp3) is 0.222. The molecule has 0 aliphatic carbocycles. The van der Waals surface area contributed by atoms with Gasteiger partial charge in [-0.05, 0) is 36.1 Å². The molecular formula is C18H18N4O4. The molecule has 0 saturated carbocycles. The number of aromatic nitrogens is 4. The molecule has 0 unspecified atom stereocenters. The van der Waals surface area contributed by atoms with Gasteiger partial charge in [0.05, 0.1) is 13.1 Å². The first-order chi connectivity index (χ1) is 12.3. The number of hydrogen-bond donors (Lipinski definition) is 2. The van der Waals surface area contributed by atoms with Crippen molar-refractivity contribution in [1.82, 2.24) is 19.6 Å². The number of benzene rings is 1. The van der Waals surface area contributed by atoms with E-state index in [9.17, 15) is 19.2 Å². The maximum absolute atomic E-state index is 11.9. The van der Waals surface area contributed by atoms with Crippen LogP contribution in [0.15, 0.2) is 55.6 Å². The Kier molecular flexibility index (Phi) is 4.57. The number of H-pyrrole nitrogens is 2. The van der Waals surface area contributed by atoms with E-state index in [1.807, 2.05) is 26.0 Å². The Morgan fingerprint density at radius 2 is 1.08 bits per heavy atom. The summed E-state index contributed by atoms with van der Waals surface area (Å²) in [4.78, 5) is 46.6. The SMILES string of the molecule is Cc1cc(Cn2[nH]c(=O)ccc2=O)c(C)cc1Cn1[nH]c(=O)ccc1=O. The maximum atomic E-state index is 11.9. The van der Waals surface area contributed by atoms with Gasteiger partial charge in [-0.15, -0.1) is 0 Å². The summed E-state index contributed by atoms with van der Waals surface area (Å²) in [5.74, 6) is 0. The van der Waals surface area contributed by atoms with E-state index in [0.29, 0.717) is 0 Å². The summed E-state index contributed by atoms with van der Waals surface area (Å²) in [5, 5.41) is 5.00. The van der Waals surface area contributed by atoms with Crippen LogP contribution in [-0.4, -0.2) is 19.6 Å². The number of nitrogens with zero attached hydrogens (tertiary/aromatic N) is 2. The first kappa shape index (κ1) is 17.4. The van der Waals surface area contributed by atoms with E-state index >= 15 is 0 Å². The Balaban J connectivity index is 1.96. The van der Waals surface area contributed by atoms with E-state index in [4.69, 9.17) is 0 Å². The lowest BCUT2D eigenvalue weighted by Gasteiger charge is -2.14. The minimum atomic E-state index is -0.344. The first-order valence-corrected chi connectivity index (χ1v) is 8.03. The van der Waals surface area contributed by atoms with Gasteiger partial charge in [0.1, 0.15) is 0 Å². The van der Waals surface area contributed by atoms with Crippen molar-refractivity contribution >= 4 is 0 Å². The Morgan fingerprint density at radius 1 is 0.692 bits per heavy atom. The van der Waals surface area contributed by atoms with Crippen molar-refractivity contribution in [3.05, 3.63) is 100 Å². The van der Waals surface area contributed by atoms with Gasteiger partial charge in [0.25, 0.3) is 22.2 Å². The smallest absolute Gasteiger partial charge is 0.265 e. The molecular weight excluding hydrogens is 336 g/mol. The minimum Gasteiger partial charge on any atom is -0.268 e. The molecule has 0 fully saturated rings. The molecule has 0 aliphatic heterocycles. The third kappa shape index (κ3) is 3.64. The summed E-state index contributed by atoms with van der Waals surface area (Å²) in [5.41, 5.74) is 2.31. The topological polar surface area (TPSA) is 110 Å². The van der Waals surface area contributed by atoms with Gasteiger partial charge in [-0.2, -0.15) is 0 Å². The van der Waals surface area contributed by atoms with E-state index < -0.39 is 0 Å². The average Bonchev–Trinajstić information content (AvgIpc) is 2.58. The molecule has 0 aliphatic rings. The molecule has 8 nitrogen and oxygen atoms in total. The van der Waals surface area contributed by atoms with Crippen molar-refractivity contribution in [3.8, 4) is 0 Å². The van der Waals surface area contributed by atoms with Crippen molar-refractivity contribution in [1.29, 1.82) is 0 Å². The second-order valence-corrected chi connectivity index (χ2v) is 6.17. The fourth-order valence-corrected chi connectivity index (χ4v) is 2.78. The highest BCUT2D eigenvalue weighted by Crippen LogP contribution is 2.17. The highest BCUT2D eigenvalue weighted by atomic mass is 16.2. The molecule has 3 rings (SSSR count). The predicted molar refractivity (Wildman–Crippen MR) is 96.8 cm³/mol. The summed E-state index contributed by atoms with van der Waals surface area (Å²) in [7, 11) is 0. The van der Waals surface area contributed by atoms with Crippen LogP contribution in [0.2, 0.25) is 0 Å². The third-order valence-corrected chi connectivity index (χ3v) is 4.23. The molecule has 8 heteroatoms. The van der Waals surface area contributed by atoms with Crippen molar-refractivity contribution in [2.75, 3.05) is 0 Å². The molecule has 2 N–H and O–H groups in total. The van der Waals surface area contributed by atoms with Gasteiger partial charge in [-0.1, -0.05) is 12.1 Å². The number of rotatable bonds is 4. The van der Waals surface area contributed by atoms with Crippen LogP contribution >= 0.6 is 0 Å². The Hall–Kier alpha value is -3.42. The van der Waals surface area contributed by atoms with Gasteiger partial charge < -0.3 is 0 Å². The standard InChI is InChI=1S/C18H18N4O4/c1-11-7-14(10-22-18(26)6-4-16(24)20-22)12(2)8-13(11)9-21-17(25)5-3-15(23)19-21/h3-8H,9-10H2,1-2H3,(H,19,23)(H,20,24). The molecule has 0 bridgehead atoms. The minimum absolute atomic E-state index is 0.240. The Morgan fingerprint density at radius 3 is 1.46 bits per heavy atom. The van der Waals surface area contributed by atoms with Crippen LogP contribution < -0.4 is 22.2 Å². The molecule has 0 spiro atoms. The molecule has 2 aromatic heterocycles. The van der Waals surface area contributed by atoms with Crippen molar-refractivity contribution in [2.45, 2.75) is 26.9 Å². The highest BCUT2D eigenvalue weighted by Gasteiger charge is 2.08. The number of aromatic amines is 2. The lowest BCUT2D eigenvalue weighted by molar-refractivity contribution is 0.617. The lowest BCUT2D eigenvalue weighted by atomic mass is 10.00. The first-order valence-electron chi connectivity index (χ1n) is 8.03. The van der Waals surface area contributed by atoms with Gasteiger partial charge >= 0.3 is 0 Å². The zero-order valence-corrected chi connectivity index (χ0v) is 14.4. The molecule has 2 heterocycles. The van der Waals surface area contributed by atoms with E-state index in [1.54, 1.807) is 0 Å². The number of aryl methyl sites for hydroxylation is 2. The highest BCUT2D eigenvalue weighted by molar-refractivity contribution is 5.37. The summed E-state index contributed by atoms with van der Waals surface area (Å²) < 4.78 is 2.51. The van der Waals surface area contributed by atoms with Gasteiger partial charge in [0, 0.05) is 24.3 Å². The average molecular weight is 354 g/mol. The predicted octanol–water partition coefficient (Wildman–Crippen LogP) is 0.100. The second-order valence-electron chi connectivity index (χ2n) is 6.17. The van der Waals surface area contributed by atoms with Crippen LogP contribution in [0.4, 0.5) is 0 Å². The monoisotopic (exact) mass is 354 g/mol. The molecule has 0 radical (unpaired) electrons. The summed E-state index contributed by atoms with van der Waals surface area (Å²) in [6, 6.07) is 8.67. The van der Waals surface area contributed by atoms with Crippen LogP contribution in [0.1, 0.15) is 22.3 Å². The van der Waals surface area contributed by atoms with Crippen LogP contribution in [0, 0.1) is 13.8 Å². The van der Waals surface area contributed by atoms with Gasteiger partial charge in [-0.25, -0.2) is 9.36 Å². The lowest BCUT2D eigenvalue weighted by Crippen LogP contribution is -2.29. The second kappa shape index (κ2) is 6.83. The molecule has 0 amide bonds. The van der Waals surface area contributed by atoms with Crippen molar-refractivity contribution in [2.24, 2.45) is 0 Å². The van der Waals surface area contributed by atoms with Crippen molar-refractivity contribution in [3.63, 3.8) is 0 Å². The molecule has 26 heavy (non-hydrogen) atoms. The van der Waals surface area contributed by atoms with Crippen LogP contribution in [0.25, 0.3) is 0 Å². The Labute approximate surface area is 147 Å². The number of nitrogens with one attached hydrogen (secondary N) is 2. The van der Waals surface area contributed by atoms with Gasteiger partial charge in [0.15, 0.2) is 0 Å². The molecule has 1 aromatic carbocycles. The summed E-state index contributed by atoms with van der Waals surface area (Å²) >= 11 is 0. The largest absolute Gasteiger partial charge is 0.268 e. The zero-order valence-electron chi connectivity index (χ0n) is 14.4. The molecule has 0 saturated heterocycles. The van der Waals surface area contributed by atoms with E-state index in [1.165, 1.54) is 33.6 Å². The Bertz CT molecular complexity index is 1100. The molecule has 134 valence electrons. The van der Waals surface area contributed by atoms with Gasteiger partial charge in [-0.3, -0.25) is 29.4 Å². The maximum Gasteiger partial charge on any atom is 0.265 e. The molecule has 3 aromatic rings. The van der Waals surface area contributed by atoms with Crippen molar-refractivity contribution < 1.29 is 0 Å². The third-order valence-electron chi connectivity index (χ3n) is 4.23. The fourth-order valence-electron chi connectivity index (χ4n) is 2.78. The quantitative estimate of drug-likeness (QED) is 0.692. The van der Waals surface area contributed by atoms with E-state index in [2.05, 4.69) is 10.2 Å². The van der Waals surface area contributed by atoms with Crippen LogP contribution in [-0.2, 0) is 13.1 Å². The van der Waals surface area contributed by atoms with Crippen LogP contribution in [0.3, 0.4) is 0 Å². The van der Waals surface area contributed by atoms with Gasteiger partial charge in [0.2, 0.25) is 0 Å². The van der Waals surface area contributed by atoms with Crippen LogP contribution in [0.5, 0.6) is 0 Å².